The van der Waals surface area contributed by atoms with Gasteiger partial charge in [0.2, 0.25) is 0 Å². The summed E-state index contributed by atoms with van der Waals surface area (Å²) >= 11 is 13.1. The average molecular weight is 289 g/mol. The minimum absolute atomic E-state index is 0.406. The van der Waals surface area contributed by atoms with E-state index in [9.17, 15) is 0 Å². The summed E-state index contributed by atoms with van der Waals surface area (Å²) in [5, 5.41) is 6.16. The molecular formula is C10H10Cl2N4S. The van der Waals surface area contributed by atoms with E-state index in [0.717, 1.165) is 17.2 Å². The monoisotopic (exact) mass is 288 g/mol. The van der Waals surface area contributed by atoms with Crippen molar-refractivity contribution < 1.29 is 0 Å². The number of rotatable bonds is 4. The van der Waals surface area contributed by atoms with E-state index >= 15 is 0 Å². The summed E-state index contributed by atoms with van der Waals surface area (Å²) in [7, 11) is 0. The van der Waals surface area contributed by atoms with E-state index in [2.05, 4.69) is 20.3 Å². The SMILES string of the molecule is CCc1nc(Cl)cc(Nc2nc(CCl)cs2)n1. The second-order valence-electron chi connectivity index (χ2n) is 3.25. The Morgan fingerprint density at radius 1 is 1.35 bits per heavy atom. The van der Waals surface area contributed by atoms with Gasteiger partial charge in [-0.3, -0.25) is 0 Å². The molecule has 0 atom stereocenters. The third-order valence-corrected chi connectivity index (χ3v) is 3.26. The summed E-state index contributed by atoms with van der Waals surface area (Å²) < 4.78 is 0. The Morgan fingerprint density at radius 2 is 2.18 bits per heavy atom. The van der Waals surface area contributed by atoms with Gasteiger partial charge in [-0.05, 0) is 0 Å². The van der Waals surface area contributed by atoms with Crippen LogP contribution in [0.15, 0.2) is 11.4 Å². The average Bonchev–Trinajstić information content (AvgIpc) is 2.76. The van der Waals surface area contributed by atoms with Crippen LogP contribution in [-0.4, -0.2) is 15.0 Å². The molecule has 2 rings (SSSR count). The van der Waals surface area contributed by atoms with Gasteiger partial charge in [-0.2, -0.15) is 0 Å². The molecule has 0 radical (unpaired) electrons. The number of anilines is 2. The molecule has 2 heterocycles. The molecule has 0 amide bonds. The zero-order valence-corrected chi connectivity index (χ0v) is 11.4. The van der Waals surface area contributed by atoms with E-state index in [0.29, 0.717) is 22.7 Å². The van der Waals surface area contributed by atoms with Gasteiger partial charge in [0.1, 0.15) is 16.8 Å². The third kappa shape index (κ3) is 3.28. The second-order valence-corrected chi connectivity index (χ2v) is 4.76. The lowest BCUT2D eigenvalue weighted by Crippen LogP contribution is -1.99. The number of aryl methyl sites for hydroxylation is 1. The van der Waals surface area contributed by atoms with Crippen LogP contribution in [0.5, 0.6) is 0 Å². The van der Waals surface area contributed by atoms with Gasteiger partial charge in [-0.25, -0.2) is 15.0 Å². The van der Waals surface area contributed by atoms with E-state index in [4.69, 9.17) is 23.2 Å². The van der Waals surface area contributed by atoms with Crippen molar-refractivity contribution in [1.82, 2.24) is 15.0 Å². The first-order valence-electron chi connectivity index (χ1n) is 5.02. The van der Waals surface area contributed by atoms with Gasteiger partial charge in [-0.15, -0.1) is 22.9 Å². The molecule has 4 nitrogen and oxygen atoms in total. The highest BCUT2D eigenvalue weighted by Gasteiger charge is 2.05. The molecule has 2 aromatic rings. The Kier molecular flexibility index (Phi) is 4.15. The van der Waals surface area contributed by atoms with Crippen molar-refractivity contribution in [1.29, 1.82) is 0 Å². The van der Waals surface area contributed by atoms with E-state index in [1.807, 2.05) is 12.3 Å². The largest absolute Gasteiger partial charge is 0.316 e. The van der Waals surface area contributed by atoms with Crippen molar-refractivity contribution in [2.45, 2.75) is 19.2 Å². The number of aromatic nitrogens is 3. The molecule has 2 aromatic heterocycles. The standard InChI is InChI=1S/C10H10Cl2N4S/c1-2-8-14-7(12)3-9(15-8)16-10-13-6(4-11)5-17-10/h3,5H,2,4H2,1H3,(H,13,14,15,16). The van der Waals surface area contributed by atoms with Crippen molar-refractivity contribution in [3.05, 3.63) is 28.1 Å². The zero-order valence-electron chi connectivity index (χ0n) is 9.07. The Morgan fingerprint density at radius 3 is 2.82 bits per heavy atom. The fourth-order valence-corrected chi connectivity index (χ4v) is 2.37. The van der Waals surface area contributed by atoms with Crippen LogP contribution in [0.25, 0.3) is 0 Å². The molecular weight excluding hydrogens is 279 g/mol. The summed E-state index contributed by atoms with van der Waals surface area (Å²) in [6.45, 7) is 1.98. The molecule has 90 valence electrons. The number of nitrogens with one attached hydrogen (secondary N) is 1. The molecule has 0 fully saturated rings. The van der Waals surface area contributed by atoms with Crippen LogP contribution < -0.4 is 5.32 Å². The van der Waals surface area contributed by atoms with Crippen molar-refractivity contribution in [3.63, 3.8) is 0 Å². The van der Waals surface area contributed by atoms with Crippen LogP contribution >= 0.6 is 34.5 Å². The van der Waals surface area contributed by atoms with Crippen molar-refractivity contribution >= 4 is 45.5 Å². The Bertz CT molecular complexity index is 515. The molecule has 0 bridgehead atoms. The van der Waals surface area contributed by atoms with Crippen molar-refractivity contribution in [2.24, 2.45) is 0 Å². The maximum absolute atomic E-state index is 5.90. The Hall–Kier alpha value is -0.910. The van der Waals surface area contributed by atoms with Crippen LogP contribution in [0.1, 0.15) is 18.4 Å². The first-order valence-corrected chi connectivity index (χ1v) is 6.81. The number of hydrogen-bond donors (Lipinski definition) is 1. The number of hydrogen-bond acceptors (Lipinski definition) is 5. The lowest BCUT2D eigenvalue weighted by molar-refractivity contribution is 0.943. The molecule has 0 unspecified atom stereocenters. The Balaban J connectivity index is 2.20. The highest BCUT2D eigenvalue weighted by Crippen LogP contribution is 2.22. The van der Waals surface area contributed by atoms with E-state index < -0.39 is 0 Å². The molecule has 0 spiro atoms. The van der Waals surface area contributed by atoms with E-state index in [1.165, 1.54) is 11.3 Å². The van der Waals surface area contributed by atoms with Gasteiger partial charge in [0.15, 0.2) is 5.13 Å². The molecule has 7 heteroatoms. The number of alkyl halides is 1. The lowest BCUT2D eigenvalue weighted by atomic mass is 10.4. The third-order valence-electron chi connectivity index (χ3n) is 1.98. The second kappa shape index (κ2) is 5.62. The van der Waals surface area contributed by atoms with Gasteiger partial charge in [0, 0.05) is 17.9 Å². The van der Waals surface area contributed by atoms with Gasteiger partial charge < -0.3 is 5.32 Å². The summed E-state index contributed by atoms with van der Waals surface area (Å²) in [6.07, 6.45) is 0.736. The molecule has 0 aliphatic heterocycles. The van der Waals surface area contributed by atoms with Gasteiger partial charge in [0.05, 0.1) is 11.6 Å². The minimum Gasteiger partial charge on any atom is -0.316 e. The zero-order chi connectivity index (χ0) is 12.3. The number of nitrogens with zero attached hydrogens (tertiary/aromatic N) is 3. The van der Waals surface area contributed by atoms with Crippen LogP contribution in [-0.2, 0) is 12.3 Å². The van der Waals surface area contributed by atoms with Crippen molar-refractivity contribution in [3.8, 4) is 0 Å². The smallest absolute Gasteiger partial charge is 0.188 e. The molecule has 0 saturated heterocycles. The predicted octanol–water partition coefficient (Wildman–Crippen LogP) is 3.63. The summed E-state index contributed by atoms with van der Waals surface area (Å²) in [4.78, 5) is 12.7. The van der Waals surface area contributed by atoms with Crippen molar-refractivity contribution in [2.75, 3.05) is 5.32 Å². The van der Waals surface area contributed by atoms with Crippen LogP contribution in [0.4, 0.5) is 10.9 Å². The lowest BCUT2D eigenvalue weighted by Gasteiger charge is -2.03. The molecule has 0 aliphatic rings. The van der Waals surface area contributed by atoms with Crippen LogP contribution in [0.3, 0.4) is 0 Å². The van der Waals surface area contributed by atoms with Gasteiger partial charge >= 0.3 is 0 Å². The highest BCUT2D eigenvalue weighted by molar-refractivity contribution is 7.13. The van der Waals surface area contributed by atoms with Gasteiger partial charge in [-0.1, -0.05) is 18.5 Å². The summed E-state index contributed by atoms with van der Waals surface area (Å²) in [5.41, 5.74) is 0.843. The topological polar surface area (TPSA) is 50.7 Å². The Labute approximate surface area is 113 Å². The van der Waals surface area contributed by atoms with E-state index in [1.54, 1.807) is 6.07 Å². The van der Waals surface area contributed by atoms with Gasteiger partial charge in [0.25, 0.3) is 0 Å². The first kappa shape index (κ1) is 12.5. The summed E-state index contributed by atoms with van der Waals surface area (Å²) in [5.74, 6) is 1.76. The van der Waals surface area contributed by atoms with Crippen LogP contribution in [0, 0.1) is 0 Å². The molecule has 0 saturated carbocycles. The molecule has 1 N–H and O–H groups in total. The predicted molar refractivity (Wildman–Crippen MR) is 71.4 cm³/mol. The fraction of sp³-hybridized carbons (Fsp3) is 0.300. The molecule has 0 aromatic carbocycles. The number of halogens is 2. The minimum atomic E-state index is 0.406. The van der Waals surface area contributed by atoms with Crippen LogP contribution in [0.2, 0.25) is 5.15 Å². The molecule has 17 heavy (non-hydrogen) atoms. The maximum atomic E-state index is 5.90. The number of thiazole rings is 1. The quantitative estimate of drug-likeness (QED) is 0.689. The maximum Gasteiger partial charge on any atom is 0.188 e. The normalized spacial score (nSPS) is 10.5. The van der Waals surface area contributed by atoms with E-state index in [-0.39, 0.29) is 0 Å². The summed E-state index contributed by atoms with van der Waals surface area (Å²) in [6, 6.07) is 1.67. The highest BCUT2D eigenvalue weighted by atomic mass is 35.5. The molecule has 0 aliphatic carbocycles. The fourth-order valence-electron chi connectivity index (χ4n) is 1.22. The first-order chi connectivity index (χ1) is 8.21.